The largest absolute Gasteiger partial charge is 0.357 e. The van der Waals surface area contributed by atoms with Crippen LogP contribution >= 0.6 is 12.6 Å². The highest BCUT2D eigenvalue weighted by molar-refractivity contribution is 7.81. The number of allylic oxidation sites excluding steroid dienone is 1. The molecule has 3 atom stereocenters. The molecule has 154 valence electrons. The van der Waals surface area contributed by atoms with Crippen molar-refractivity contribution in [2.45, 2.75) is 51.3 Å². The van der Waals surface area contributed by atoms with Crippen molar-refractivity contribution in [3.8, 4) is 12.8 Å². The molecule has 7 nitrogen and oxygen atoms in total. The zero-order valence-electron chi connectivity index (χ0n) is 16.8. The van der Waals surface area contributed by atoms with Crippen molar-refractivity contribution < 1.29 is 19.6 Å². The number of rotatable bonds is 10. The van der Waals surface area contributed by atoms with Gasteiger partial charge in [0, 0.05) is 11.8 Å². The molecule has 0 heterocycles. The lowest BCUT2D eigenvalue weighted by molar-refractivity contribution is -0.141. The Bertz CT molecular complexity index is 527. The third-order valence-electron chi connectivity index (χ3n) is 3.92. The van der Waals surface area contributed by atoms with Crippen LogP contribution in [0.5, 0.6) is 0 Å². The van der Waals surface area contributed by atoms with Gasteiger partial charge >= 0.3 is 0 Å². The number of carbonyl (C=O) groups is 3. The SMILES string of the molecule is C#C.C=CC[C@H](C(=O)NO)[C@@H](CC(C)C)C(=O)NC(C(=O)NC)C(C)(C)S. The molecule has 0 rings (SSSR count). The second-order valence-corrected chi connectivity index (χ2v) is 8.21. The van der Waals surface area contributed by atoms with Gasteiger partial charge < -0.3 is 10.6 Å². The summed E-state index contributed by atoms with van der Waals surface area (Å²) in [5.41, 5.74) is 1.61. The van der Waals surface area contributed by atoms with Gasteiger partial charge in [0.15, 0.2) is 0 Å². The maximum atomic E-state index is 12.9. The average molecular weight is 400 g/mol. The van der Waals surface area contributed by atoms with Crippen molar-refractivity contribution in [3.05, 3.63) is 12.7 Å². The maximum Gasteiger partial charge on any atom is 0.247 e. The first kappa shape index (κ1) is 27.2. The molecule has 0 fully saturated rings. The van der Waals surface area contributed by atoms with E-state index < -0.39 is 34.4 Å². The Hall–Kier alpha value is -1.98. The third kappa shape index (κ3) is 9.50. The van der Waals surface area contributed by atoms with Crippen molar-refractivity contribution in [2.75, 3.05) is 7.05 Å². The predicted molar refractivity (Wildman–Crippen MR) is 110 cm³/mol. The lowest BCUT2D eigenvalue weighted by Crippen LogP contribution is -2.57. The molecule has 0 aromatic rings. The predicted octanol–water partition coefficient (Wildman–Crippen LogP) is 1.53. The van der Waals surface area contributed by atoms with Crippen LogP contribution in [0.1, 0.15) is 40.5 Å². The van der Waals surface area contributed by atoms with E-state index >= 15 is 0 Å². The number of hydroxylamine groups is 1. The summed E-state index contributed by atoms with van der Waals surface area (Å²) in [7, 11) is 1.48. The van der Waals surface area contributed by atoms with E-state index in [9.17, 15) is 14.4 Å². The minimum atomic E-state index is -0.871. The Morgan fingerprint density at radius 2 is 1.67 bits per heavy atom. The maximum absolute atomic E-state index is 12.9. The summed E-state index contributed by atoms with van der Waals surface area (Å²) in [6, 6.07) is -0.871. The van der Waals surface area contributed by atoms with Crippen LogP contribution < -0.4 is 16.1 Å². The van der Waals surface area contributed by atoms with Crippen LogP contribution in [0.15, 0.2) is 12.7 Å². The topological polar surface area (TPSA) is 108 Å². The zero-order chi connectivity index (χ0) is 21.8. The number of carbonyl (C=O) groups excluding carboxylic acids is 3. The quantitative estimate of drug-likeness (QED) is 0.126. The summed E-state index contributed by atoms with van der Waals surface area (Å²) in [5, 5.41) is 14.2. The molecule has 0 radical (unpaired) electrons. The number of nitrogens with one attached hydrogen (secondary N) is 3. The molecule has 8 heteroatoms. The Labute approximate surface area is 168 Å². The van der Waals surface area contributed by atoms with Gasteiger partial charge in [0.1, 0.15) is 6.04 Å². The van der Waals surface area contributed by atoms with Crippen molar-refractivity contribution in [2.24, 2.45) is 17.8 Å². The van der Waals surface area contributed by atoms with E-state index in [0.29, 0.717) is 6.42 Å². The molecule has 0 saturated carbocycles. The monoisotopic (exact) mass is 399 g/mol. The van der Waals surface area contributed by atoms with Crippen LogP contribution in [0.4, 0.5) is 0 Å². The number of thiol groups is 1. The fourth-order valence-corrected chi connectivity index (χ4v) is 2.82. The number of amides is 3. The first-order valence-corrected chi connectivity index (χ1v) is 9.06. The van der Waals surface area contributed by atoms with Gasteiger partial charge in [-0.3, -0.25) is 19.6 Å². The van der Waals surface area contributed by atoms with E-state index in [4.69, 9.17) is 5.21 Å². The van der Waals surface area contributed by atoms with Crippen LogP contribution in [0.3, 0.4) is 0 Å². The molecule has 0 saturated heterocycles. The van der Waals surface area contributed by atoms with E-state index in [0.717, 1.165) is 0 Å². The summed E-state index contributed by atoms with van der Waals surface area (Å²) >= 11 is 4.40. The van der Waals surface area contributed by atoms with Gasteiger partial charge in [0.2, 0.25) is 17.7 Å². The normalized spacial score (nSPS) is 14.0. The second kappa shape index (κ2) is 13.2. The van der Waals surface area contributed by atoms with Gasteiger partial charge in [-0.15, -0.1) is 19.4 Å². The Morgan fingerprint density at radius 1 is 1.15 bits per heavy atom. The highest BCUT2D eigenvalue weighted by Crippen LogP contribution is 2.26. The number of hydrogen-bond donors (Lipinski definition) is 5. The Kier molecular flexibility index (Phi) is 13.3. The average Bonchev–Trinajstić information content (AvgIpc) is 2.61. The summed E-state index contributed by atoms with van der Waals surface area (Å²) in [6.07, 6.45) is 10.2. The van der Waals surface area contributed by atoms with Crippen LogP contribution in [-0.2, 0) is 14.4 Å². The smallest absolute Gasteiger partial charge is 0.247 e. The van der Waals surface area contributed by atoms with Gasteiger partial charge in [-0.2, -0.15) is 12.6 Å². The van der Waals surface area contributed by atoms with Gasteiger partial charge in [0.05, 0.1) is 11.8 Å². The van der Waals surface area contributed by atoms with Gasteiger partial charge in [-0.05, 0) is 32.6 Å². The molecule has 1 unspecified atom stereocenters. The number of hydrogen-bond acceptors (Lipinski definition) is 5. The van der Waals surface area contributed by atoms with Crippen molar-refractivity contribution in [1.29, 1.82) is 0 Å². The van der Waals surface area contributed by atoms with E-state index in [1.807, 2.05) is 13.8 Å². The van der Waals surface area contributed by atoms with Gasteiger partial charge in [-0.1, -0.05) is 19.9 Å². The number of likely N-dealkylation sites (N-methyl/N-ethyl adjacent to an activating group) is 1. The van der Waals surface area contributed by atoms with E-state index in [1.165, 1.54) is 13.1 Å². The fraction of sp³-hybridized carbons (Fsp3) is 0.632. The van der Waals surface area contributed by atoms with Crippen molar-refractivity contribution in [1.82, 2.24) is 16.1 Å². The molecule has 0 aliphatic rings. The molecule has 0 aromatic heterocycles. The highest BCUT2D eigenvalue weighted by atomic mass is 32.1. The van der Waals surface area contributed by atoms with E-state index in [1.54, 1.807) is 19.3 Å². The molecule has 4 N–H and O–H groups in total. The standard InChI is InChI=1S/C17H31N3O4S.C2H2/c1-7-8-11(15(22)20-24)12(9-10(2)3)14(21)19-13(16(23)18-6)17(4,5)25;1-2/h7,10-13,24-25H,1,8-9H2,2-6H3,(H,18,23)(H,19,21)(H,20,22);1-2H/t11-,12+,13?;/m0./s1. The molecular formula is C19H33N3O4S. The minimum absolute atomic E-state index is 0.136. The van der Waals surface area contributed by atoms with Crippen LogP contribution in [0, 0.1) is 30.6 Å². The zero-order valence-corrected chi connectivity index (χ0v) is 17.7. The molecule has 0 aliphatic carbocycles. The number of terminal acetylenes is 1. The van der Waals surface area contributed by atoms with Crippen LogP contribution in [0.2, 0.25) is 0 Å². The molecule has 3 amide bonds. The van der Waals surface area contributed by atoms with E-state index in [2.05, 4.69) is 42.7 Å². The molecule has 27 heavy (non-hydrogen) atoms. The summed E-state index contributed by atoms with van der Waals surface area (Å²) in [5.74, 6) is -2.81. The molecule has 0 aliphatic heterocycles. The minimum Gasteiger partial charge on any atom is -0.357 e. The fourth-order valence-electron chi connectivity index (χ4n) is 2.64. The summed E-state index contributed by atoms with van der Waals surface area (Å²) < 4.78 is -0.800. The molecule has 0 spiro atoms. The highest BCUT2D eigenvalue weighted by Gasteiger charge is 2.38. The van der Waals surface area contributed by atoms with Gasteiger partial charge in [0.25, 0.3) is 0 Å². The van der Waals surface area contributed by atoms with Crippen LogP contribution in [-0.4, -0.2) is 40.8 Å². The van der Waals surface area contributed by atoms with E-state index in [-0.39, 0.29) is 18.2 Å². The molecular weight excluding hydrogens is 366 g/mol. The first-order valence-electron chi connectivity index (χ1n) is 8.62. The second-order valence-electron chi connectivity index (χ2n) is 7.05. The summed E-state index contributed by atoms with van der Waals surface area (Å²) in [4.78, 5) is 37.0. The van der Waals surface area contributed by atoms with Crippen LogP contribution in [0.25, 0.3) is 0 Å². The van der Waals surface area contributed by atoms with Crippen molar-refractivity contribution in [3.63, 3.8) is 0 Å². The molecule has 0 bridgehead atoms. The first-order chi connectivity index (χ1) is 12.5. The lowest BCUT2D eigenvalue weighted by atomic mass is 9.81. The molecule has 0 aromatic carbocycles. The van der Waals surface area contributed by atoms with Crippen molar-refractivity contribution >= 4 is 30.4 Å². The summed E-state index contributed by atoms with van der Waals surface area (Å²) in [6.45, 7) is 10.9. The van der Waals surface area contributed by atoms with Gasteiger partial charge in [-0.25, -0.2) is 5.48 Å². The third-order valence-corrected chi connectivity index (χ3v) is 4.18. The Balaban J connectivity index is 0. The lowest BCUT2D eigenvalue weighted by Gasteiger charge is -2.32. The Morgan fingerprint density at radius 3 is 2.00 bits per heavy atom.